The van der Waals surface area contributed by atoms with Crippen molar-refractivity contribution in [2.24, 2.45) is 5.92 Å². The fourth-order valence-electron chi connectivity index (χ4n) is 5.17. The van der Waals surface area contributed by atoms with Gasteiger partial charge in [-0.1, -0.05) is 18.2 Å². The van der Waals surface area contributed by atoms with Crippen LogP contribution in [-0.4, -0.2) is 96.9 Å². The minimum atomic E-state index is -1.79. The van der Waals surface area contributed by atoms with Gasteiger partial charge in [-0.05, 0) is 65.7 Å². The van der Waals surface area contributed by atoms with Gasteiger partial charge in [0, 0.05) is 37.3 Å². The van der Waals surface area contributed by atoms with Gasteiger partial charge in [0.2, 0.25) is 0 Å². The number of ketones is 1. The lowest BCUT2D eigenvalue weighted by Gasteiger charge is -2.10. The molecule has 19 heteroatoms. The summed E-state index contributed by atoms with van der Waals surface area (Å²) in [7, 11) is -2.41. The number of carbonyl (C=O) groups excluding carboxylic acids is 2. The molecular formula is C34H30B2F3N5O9. The first-order valence-electron chi connectivity index (χ1n) is 15.6. The van der Waals surface area contributed by atoms with E-state index in [1.54, 1.807) is 40.0 Å². The van der Waals surface area contributed by atoms with Gasteiger partial charge in [-0.3, -0.25) is 4.79 Å². The first-order valence-corrected chi connectivity index (χ1v) is 15.6. The minimum absolute atomic E-state index is 0.0184. The number of methoxy groups -OCH3 is 1. The number of carboxylic acid groups (broad SMARTS) is 1. The van der Waals surface area contributed by atoms with Crippen molar-refractivity contribution < 1.29 is 57.5 Å². The molecule has 5 aromatic rings. The molecule has 3 heterocycles. The summed E-state index contributed by atoms with van der Waals surface area (Å²) >= 11 is 0. The van der Waals surface area contributed by atoms with Gasteiger partial charge in [0.05, 0.1) is 35.7 Å². The zero-order chi connectivity index (χ0) is 38.8. The lowest BCUT2D eigenvalue weighted by atomic mass is 9.80. The maximum absolute atomic E-state index is 14.5. The number of esters is 1. The molecule has 14 nitrogen and oxygen atoms in total. The number of aromatic carboxylic acids is 1. The van der Waals surface area contributed by atoms with Gasteiger partial charge >= 0.3 is 26.2 Å². The standard InChI is InChI=1S/C19H16FN5O.C8H8BFO4.C7H6BFO4/c20-16-10-14(17-5-8-25-19(23-17)3-6-22-25)1-2-15(16)18(26)9-13-4-7-24(11-13)12-21;1-14-8(11)6-3-2-5(9(12)13)4-7(6)10;9-6-3-4(8(12)13)1-2-5(6)7(10)11/h1-3,5-6,8,10,13H,4,7,9,11H2;2-4,12-13H,1H3;1-3,12-13H,(H,10,11)/t13-;;/m0../s1. The van der Waals surface area contributed by atoms with Gasteiger partial charge in [0.25, 0.3) is 0 Å². The van der Waals surface area contributed by atoms with Crippen LogP contribution in [0.15, 0.2) is 79.1 Å². The number of carbonyl (C=O) groups is 3. The van der Waals surface area contributed by atoms with Gasteiger partial charge < -0.3 is 34.8 Å². The van der Waals surface area contributed by atoms with Crippen LogP contribution < -0.4 is 10.9 Å². The number of halogens is 3. The summed E-state index contributed by atoms with van der Waals surface area (Å²) in [4.78, 5) is 39.8. The largest absolute Gasteiger partial charge is 0.488 e. The number of carboxylic acids is 1. The molecule has 0 spiro atoms. The molecule has 6 rings (SSSR count). The van der Waals surface area contributed by atoms with Crippen LogP contribution in [0.3, 0.4) is 0 Å². The average molecular weight is 731 g/mol. The number of benzene rings is 3. The van der Waals surface area contributed by atoms with Crippen LogP contribution >= 0.6 is 0 Å². The highest BCUT2D eigenvalue weighted by Crippen LogP contribution is 2.25. The quantitative estimate of drug-likeness (QED) is 0.0661. The zero-order valence-corrected chi connectivity index (χ0v) is 27.8. The lowest BCUT2D eigenvalue weighted by molar-refractivity contribution is 0.0594. The number of ether oxygens (including phenoxy) is 1. The number of fused-ring (bicyclic) bond motifs is 1. The average Bonchev–Trinajstić information content (AvgIpc) is 3.80. The van der Waals surface area contributed by atoms with E-state index in [0.717, 1.165) is 43.9 Å². The van der Waals surface area contributed by atoms with E-state index < -0.39 is 49.2 Å². The van der Waals surface area contributed by atoms with Crippen LogP contribution in [0.25, 0.3) is 16.9 Å². The van der Waals surface area contributed by atoms with Crippen molar-refractivity contribution in [3.05, 3.63) is 113 Å². The van der Waals surface area contributed by atoms with E-state index >= 15 is 0 Å². The van der Waals surface area contributed by atoms with Crippen LogP contribution in [0.5, 0.6) is 0 Å². The second-order valence-corrected chi connectivity index (χ2v) is 11.5. The Morgan fingerprint density at radius 3 is 2.02 bits per heavy atom. The Hall–Kier alpha value is -6.06. The Bertz CT molecular complexity index is 2160. The Morgan fingerprint density at radius 1 is 0.887 bits per heavy atom. The maximum Gasteiger partial charge on any atom is 0.488 e. The van der Waals surface area contributed by atoms with E-state index in [-0.39, 0.29) is 40.2 Å². The summed E-state index contributed by atoms with van der Waals surface area (Å²) in [5, 5.41) is 56.1. The summed E-state index contributed by atoms with van der Waals surface area (Å²) in [6, 6.07) is 14.2. The highest BCUT2D eigenvalue weighted by Gasteiger charge is 2.25. The molecule has 3 aromatic carbocycles. The summed E-state index contributed by atoms with van der Waals surface area (Å²) in [5.41, 5.74) is 1.16. The van der Waals surface area contributed by atoms with E-state index in [4.69, 9.17) is 30.5 Å². The Kier molecular flexibility index (Phi) is 13.4. The molecule has 0 saturated carbocycles. The van der Waals surface area contributed by atoms with E-state index in [1.807, 2.05) is 0 Å². The number of nitrogens with zero attached hydrogens (tertiary/aromatic N) is 5. The first-order chi connectivity index (χ1) is 25.2. The number of likely N-dealkylation sites (tertiary alicyclic amines) is 1. The van der Waals surface area contributed by atoms with E-state index in [0.29, 0.717) is 30.0 Å². The van der Waals surface area contributed by atoms with Crippen molar-refractivity contribution in [2.75, 3.05) is 20.2 Å². The third kappa shape index (κ3) is 10.3. The molecule has 1 atom stereocenters. The third-order valence-corrected chi connectivity index (χ3v) is 7.94. The summed E-state index contributed by atoms with van der Waals surface area (Å²) < 4.78 is 46.5. The molecule has 0 aliphatic carbocycles. The van der Waals surface area contributed by atoms with Crippen LogP contribution in [0, 0.1) is 34.8 Å². The van der Waals surface area contributed by atoms with Gasteiger partial charge in [-0.2, -0.15) is 10.4 Å². The van der Waals surface area contributed by atoms with Crippen molar-refractivity contribution in [1.29, 1.82) is 5.26 Å². The highest BCUT2D eigenvalue weighted by molar-refractivity contribution is 6.59. The SMILES string of the molecule is COC(=O)c1ccc(B(O)O)cc1F.N#CN1CC[C@@H](CC(=O)c2ccc(-c3ccn4nccc4n3)cc2F)C1.O=C(O)c1ccc(B(O)O)cc1F. The van der Waals surface area contributed by atoms with Crippen molar-refractivity contribution in [2.45, 2.75) is 12.8 Å². The van der Waals surface area contributed by atoms with Gasteiger partial charge in [-0.15, -0.1) is 0 Å². The predicted molar refractivity (Wildman–Crippen MR) is 183 cm³/mol. The Balaban J connectivity index is 0.000000197. The molecular weight excluding hydrogens is 701 g/mol. The second-order valence-electron chi connectivity index (χ2n) is 11.5. The van der Waals surface area contributed by atoms with Gasteiger partial charge in [-0.25, -0.2) is 32.3 Å². The van der Waals surface area contributed by atoms with Gasteiger partial charge in [0.15, 0.2) is 17.6 Å². The molecule has 1 aliphatic rings. The number of Topliss-reactive ketones (excluding diaryl/α,β-unsaturated/α-hetero) is 1. The number of nitriles is 1. The van der Waals surface area contributed by atoms with Crippen LogP contribution in [-0.2, 0) is 4.74 Å². The summed E-state index contributed by atoms with van der Waals surface area (Å²) in [6.45, 7) is 1.23. The van der Waals surface area contributed by atoms with E-state index in [2.05, 4.69) is 21.0 Å². The van der Waals surface area contributed by atoms with Crippen molar-refractivity contribution in [3.8, 4) is 17.5 Å². The number of hydrogen-bond donors (Lipinski definition) is 5. The lowest BCUT2D eigenvalue weighted by Crippen LogP contribution is -2.30. The summed E-state index contributed by atoms with van der Waals surface area (Å²) in [6.07, 6.45) is 6.54. The van der Waals surface area contributed by atoms with E-state index in [9.17, 15) is 27.6 Å². The fourth-order valence-corrected chi connectivity index (χ4v) is 5.17. The Morgan fingerprint density at radius 2 is 1.49 bits per heavy atom. The molecule has 0 bridgehead atoms. The third-order valence-electron chi connectivity index (χ3n) is 7.94. The fraction of sp³-hybridized carbons (Fsp3) is 0.176. The topological polar surface area (TPSA) is 219 Å². The molecule has 1 saturated heterocycles. The maximum atomic E-state index is 14.5. The number of hydrogen-bond acceptors (Lipinski definition) is 12. The summed E-state index contributed by atoms with van der Waals surface area (Å²) in [5.74, 6) is -4.69. The molecule has 1 aliphatic heterocycles. The molecule has 53 heavy (non-hydrogen) atoms. The predicted octanol–water partition coefficient (Wildman–Crippen LogP) is 1.41. The van der Waals surface area contributed by atoms with Crippen LogP contribution in [0.2, 0.25) is 0 Å². The molecule has 0 radical (unpaired) electrons. The number of rotatable bonds is 8. The van der Waals surface area contributed by atoms with Crippen LogP contribution in [0.1, 0.15) is 43.9 Å². The van der Waals surface area contributed by atoms with Gasteiger partial charge in [0.1, 0.15) is 17.5 Å². The first kappa shape index (κ1) is 39.7. The molecule has 1 fully saturated rings. The highest BCUT2D eigenvalue weighted by atomic mass is 19.1. The molecule has 0 amide bonds. The monoisotopic (exact) mass is 731 g/mol. The molecule has 272 valence electrons. The second kappa shape index (κ2) is 17.9. The van der Waals surface area contributed by atoms with Crippen molar-refractivity contribution in [1.82, 2.24) is 19.5 Å². The Labute approximate surface area is 300 Å². The van der Waals surface area contributed by atoms with E-state index in [1.165, 1.54) is 18.2 Å². The molecule has 5 N–H and O–H groups in total. The number of aromatic nitrogens is 3. The van der Waals surface area contributed by atoms with Crippen LogP contribution in [0.4, 0.5) is 13.2 Å². The van der Waals surface area contributed by atoms with Crippen molar-refractivity contribution >= 4 is 48.5 Å². The minimum Gasteiger partial charge on any atom is -0.478 e. The smallest absolute Gasteiger partial charge is 0.478 e. The molecule has 2 aromatic heterocycles. The normalized spacial score (nSPS) is 13.2. The molecule has 0 unspecified atom stereocenters. The zero-order valence-electron chi connectivity index (χ0n) is 27.8. The van der Waals surface area contributed by atoms with Crippen molar-refractivity contribution in [3.63, 3.8) is 0 Å².